The van der Waals surface area contributed by atoms with E-state index in [1.54, 1.807) is 21.9 Å². The molecule has 0 unspecified atom stereocenters. The zero-order valence-electron chi connectivity index (χ0n) is 14.7. The van der Waals surface area contributed by atoms with Crippen molar-refractivity contribution >= 4 is 11.8 Å². The summed E-state index contributed by atoms with van der Waals surface area (Å²) in [7, 11) is 0. The number of halogens is 2. The highest BCUT2D eigenvalue weighted by atomic mass is 19.1. The van der Waals surface area contributed by atoms with Crippen molar-refractivity contribution in [3.8, 4) is 5.75 Å². The maximum Gasteiger partial charge on any atom is 0.260 e. The summed E-state index contributed by atoms with van der Waals surface area (Å²) in [5.74, 6) is -0.579. The van der Waals surface area contributed by atoms with Gasteiger partial charge in [-0.25, -0.2) is 8.78 Å². The maximum atomic E-state index is 13.2. The highest BCUT2D eigenvalue weighted by molar-refractivity contribution is 5.80. The lowest BCUT2D eigenvalue weighted by Gasteiger charge is -2.34. The fourth-order valence-electron chi connectivity index (χ4n) is 2.91. The van der Waals surface area contributed by atoms with Gasteiger partial charge < -0.3 is 14.5 Å². The predicted octanol–water partition coefficient (Wildman–Crippen LogP) is 2.26. The first-order valence-corrected chi connectivity index (χ1v) is 8.69. The number of benzene rings is 2. The lowest BCUT2D eigenvalue weighted by atomic mass is 10.1. The standard InChI is InChI=1S/C20H20F2N2O3/c21-16-4-6-18(7-5-16)27-14-20(26)24-10-8-23(9-11-24)19(25)13-15-2-1-3-17(22)12-15/h1-7,12H,8-11,13-14H2. The topological polar surface area (TPSA) is 49.9 Å². The van der Waals surface area contributed by atoms with Gasteiger partial charge in [0.1, 0.15) is 17.4 Å². The van der Waals surface area contributed by atoms with Gasteiger partial charge in [0.25, 0.3) is 5.91 Å². The van der Waals surface area contributed by atoms with Gasteiger partial charge in [0.2, 0.25) is 5.91 Å². The zero-order chi connectivity index (χ0) is 19.2. The summed E-state index contributed by atoms with van der Waals surface area (Å²) in [5, 5.41) is 0. The number of amides is 2. The molecule has 0 bridgehead atoms. The van der Waals surface area contributed by atoms with Gasteiger partial charge in [0.15, 0.2) is 6.61 Å². The Balaban J connectivity index is 1.44. The largest absolute Gasteiger partial charge is 0.484 e. The summed E-state index contributed by atoms with van der Waals surface area (Å²) in [6, 6.07) is 11.4. The molecule has 0 spiro atoms. The summed E-state index contributed by atoms with van der Waals surface area (Å²) >= 11 is 0. The van der Waals surface area contributed by atoms with Crippen LogP contribution in [-0.2, 0) is 16.0 Å². The van der Waals surface area contributed by atoms with E-state index in [0.717, 1.165) is 0 Å². The molecule has 0 aliphatic carbocycles. The molecule has 1 saturated heterocycles. The van der Waals surface area contributed by atoms with Crippen molar-refractivity contribution in [2.24, 2.45) is 0 Å². The Morgan fingerprint density at radius 3 is 2.11 bits per heavy atom. The molecule has 7 heteroatoms. The van der Waals surface area contributed by atoms with Crippen LogP contribution in [-0.4, -0.2) is 54.4 Å². The number of ether oxygens (including phenoxy) is 1. The Morgan fingerprint density at radius 2 is 1.48 bits per heavy atom. The highest BCUT2D eigenvalue weighted by Crippen LogP contribution is 2.12. The molecule has 2 aromatic rings. The number of hydrogen-bond acceptors (Lipinski definition) is 3. The summed E-state index contributed by atoms with van der Waals surface area (Å²) < 4.78 is 31.4. The van der Waals surface area contributed by atoms with Crippen molar-refractivity contribution in [2.45, 2.75) is 6.42 Å². The molecule has 27 heavy (non-hydrogen) atoms. The minimum Gasteiger partial charge on any atom is -0.484 e. The zero-order valence-corrected chi connectivity index (χ0v) is 14.7. The molecular formula is C20H20F2N2O3. The molecule has 3 rings (SSSR count). The van der Waals surface area contributed by atoms with E-state index in [0.29, 0.717) is 37.5 Å². The Kier molecular flexibility index (Phi) is 6.01. The van der Waals surface area contributed by atoms with E-state index in [2.05, 4.69) is 0 Å². The Hall–Kier alpha value is -2.96. The van der Waals surface area contributed by atoms with Gasteiger partial charge in [-0.15, -0.1) is 0 Å². The predicted molar refractivity (Wildman–Crippen MR) is 95.2 cm³/mol. The molecule has 142 valence electrons. The number of hydrogen-bond donors (Lipinski definition) is 0. The number of rotatable bonds is 5. The minimum atomic E-state index is -0.368. The van der Waals surface area contributed by atoms with Crippen LogP contribution in [0.3, 0.4) is 0 Å². The van der Waals surface area contributed by atoms with Crippen molar-refractivity contribution in [3.05, 3.63) is 65.7 Å². The molecule has 2 amide bonds. The van der Waals surface area contributed by atoms with E-state index in [1.807, 2.05) is 0 Å². The first kappa shape index (κ1) is 18.8. The molecular weight excluding hydrogens is 354 g/mol. The van der Waals surface area contributed by atoms with Gasteiger partial charge >= 0.3 is 0 Å². The number of carbonyl (C=O) groups is 2. The van der Waals surface area contributed by atoms with Crippen LogP contribution in [0.25, 0.3) is 0 Å². The average Bonchev–Trinajstić information content (AvgIpc) is 2.67. The van der Waals surface area contributed by atoms with Gasteiger partial charge in [-0.2, -0.15) is 0 Å². The van der Waals surface area contributed by atoms with Gasteiger partial charge in [0.05, 0.1) is 6.42 Å². The van der Waals surface area contributed by atoms with E-state index in [1.165, 1.54) is 36.4 Å². The molecule has 0 saturated carbocycles. The van der Waals surface area contributed by atoms with Crippen LogP contribution >= 0.6 is 0 Å². The Morgan fingerprint density at radius 1 is 0.852 bits per heavy atom. The first-order chi connectivity index (χ1) is 13.0. The van der Waals surface area contributed by atoms with E-state index in [4.69, 9.17) is 4.74 Å². The smallest absolute Gasteiger partial charge is 0.260 e. The first-order valence-electron chi connectivity index (χ1n) is 8.69. The molecule has 1 aliphatic rings. The fraction of sp³-hybridized carbons (Fsp3) is 0.300. The van der Waals surface area contributed by atoms with Crippen LogP contribution in [0.1, 0.15) is 5.56 Å². The lowest BCUT2D eigenvalue weighted by molar-refractivity contribution is -0.140. The summed E-state index contributed by atoms with van der Waals surface area (Å²) in [5.41, 5.74) is 0.631. The van der Waals surface area contributed by atoms with Gasteiger partial charge in [-0.05, 0) is 42.0 Å². The maximum absolute atomic E-state index is 13.2. The van der Waals surface area contributed by atoms with Crippen LogP contribution in [0, 0.1) is 11.6 Å². The second kappa shape index (κ2) is 8.62. The van der Waals surface area contributed by atoms with Crippen molar-refractivity contribution in [2.75, 3.05) is 32.8 Å². The molecule has 1 heterocycles. The van der Waals surface area contributed by atoms with Crippen molar-refractivity contribution in [1.82, 2.24) is 9.80 Å². The second-order valence-electron chi connectivity index (χ2n) is 6.31. The second-order valence-corrected chi connectivity index (χ2v) is 6.31. The summed E-state index contributed by atoms with van der Waals surface area (Å²) in [6.45, 7) is 1.55. The normalized spacial score (nSPS) is 14.1. The third-order valence-corrected chi connectivity index (χ3v) is 4.41. The SMILES string of the molecule is O=C(COc1ccc(F)cc1)N1CCN(C(=O)Cc2cccc(F)c2)CC1. The quantitative estimate of drug-likeness (QED) is 0.807. The average molecular weight is 374 g/mol. The van der Waals surface area contributed by atoms with Crippen LogP contribution < -0.4 is 4.74 Å². The molecule has 1 aliphatic heterocycles. The van der Waals surface area contributed by atoms with Gasteiger partial charge in [-0.1, -0.05) is 12.1 Å². The van der Waals surface area contributed by atoms with E-state index in [9.17, 15) is 18.4 Å². The molecule has 0 N–H and O–H groups in total. The molecule has 0 atom stereocenters. The highest BCUT2D eigenvalue weighted by Gasteiger charge is 2.24. The minimum absolute atomic E-state index is 0.0877. The molecule has 2 aromatic carbocycles. The van der Waals surface area contributed by atoms with Crippen LogP contribution in [0.15, 0.2) is 48.5 Å². The molecule has 1 fully saturated rings. The van der Waals surface area contributed by atoms with Crippen molar-refractivity contribution < 1.29 is 23.1 Å². The third kappa shape index (κ3) is 5.26. The van der Waals surface area contributed by atoms with E-state index >= 15 is 0 Å². The number of carbonyl (C=O) groups excluding carboxylic acids is 2. The van der Waals surface area contributed by atoms with Gasteiger partial charge in [0, 0.05) is 26.2 Å². The third-order valence-electron chi connectivity index (χ3n) is 4.41. The van der Waals surface area contributed by atoms with E-state index < -0.39 is 0 Å². The fourth-order valence-corrected chi connectivity index (χ4v) is 2.91. The van der Waals surface area contributed by atoms with Gasteiger partial charge in [-0.3, -0.25) is 9.59 Å². The lowest BCUT2D eigenvalue weighted by Crippen LogP contribution is -2.52. The number of nitrogens with zero attached hydrogens (tertiary/aromatic N) is 2. The molecule has 5 nitrogen and oxygen atoms in total. The van der Waals surface area contributed by atoms with Crippen LogP contribution in [0.2, 0.25) is 0 Å². The van der Waals surface area contributed by atoms with E-state index in [-0.39, 0.29) is 36.5 Å². The van der Waals surface area contributed by atoms with Crippen molar-refractivity contribution in [3.63, 3.8) is 0 Å². The summed E-state index contributed by atoms with van der Waals surface area (Å²) in [6.07, 6.45) is 0.138. The molecule has 0 radical (unpaired) electrons. The monoisotopic (exact) mass is 374 g/mol. The Labute approximate surface area is 156 Å². The molecule has 0 aromatic heterocycles. The summed E-state index contributed by atoms with van der Waals surface area (Å²) in [4.78, 5) is 27.9. The Bertz CT molecular complexity index is 803. The van der Waals surface area contributed by atoms with Crippen LogP contribution in [0.4, 0.5) is 8.78 Å². The number of piperazine rings is 1. The van der Waals surface area contributed by atoms with Crippen molar-refractivity contribution in [1.29, 1.82) is 0 Å². The van der Waals surface area contributed by atoms with Crippen LogP contribution in [0.5, 0.6) is 5.75 Å².